The Morgan fingerprint density at radius 1 is 1.60 bits per heavy atom. The molecule has 5 nitrogen and oxygen atoms in total. The number of carbonyl (C=O) groups excluding carboxylic acids is 1. The SMILES string of the molecule is CN(Cc1cccc(Br)c1OC[C@H]1CCCO1)C(N)=O. The highest BCUT2D eigenvalue weighted by molar-refractivity contribution is 9.10. The topological polar surface area (TPSA) is 64.8 Å². The van der Waals surface area contributed by atoms with E-state index in [-0.39, 0.29) is 6.10 Å². The van der Waals surface area contributed by atoms with Gasteiger partial charge in [0.1, 0.15) is 12.4 Å². The zero-order chi connectivity index (χ0) is 14.5. The van der Waals surface area contributed by atoms with E-state index in [1.54, 1.807) is 7.05 Å². The third-order valence-electron chi connectivity index (χ3n) is 3.27. The summed E-state index contributed by atoms with van der Waals surface area (Å²) >= 11 is 3.48. The lowest BCUT2D eigenvalue weighted by atomic mass is 10.2. The van der Waals surface area contributed by atoms with Crippen LogP contribution in [0.1, 0.15) is 18.4 Å². The lowest BCUT2D eigenvalue weighted by molar-refractivity contribution is 0.0671. The molecule has 0 unspecified atom stereocenters. The van der Waals surface area contributed by atoms with Crippen molar-refractivity contribution >= 4 is 22.0 Å². The second kappa shape index (κ2) is 6.95. The highest BCUT2D eigenvalue weighted by Gasteiger charge is 2.18. The number of amides is 2. The van der Waals surface area contributed by atoms with E-state index in [1.807, 2.05) is 18.2 Å². The van der Waals surface area contributed by atoms with E-state index in [0.717, 1.165) is 35.2 Å². The third-order valence-corrected chi connectivity index (χ3v) is 3.89. The summed E-state index contributed by atoms with van der Waals surface area (Å²) < 4.78 is 12.3. The number of benzene rings is 1. The Balaban J connectivity index is 2.06. The number of hydrogen-bond donors (Lipinski definition) is 1. The molecule has 1 aromatic carbocycles. The smallest absolute Gasteiger partial charge is 0.314 e. The number of carbonyl (C=O) groups is 1. The molecule has 110 valence electrons. The van der Waals surface area contributed by atoms with Crippen LogP contribution in [0.15, 0.2) is 22.7 Å². The van der Waals surface area contributed by atoms with E-state index in [4.69, 9.17) is 15.2 Å². The molecule has 1 atom stereocenters. The molecule has 0 bridgehead atoms. The molecule has 1 fully saturated rings. The van der Waals surface area contributed by atoms with Gasteiger partial charge in [-0.15, -0.1) is 0 Å². The number of rotatable bonds is 5. The van der Waals surface area contributed by atoms with Crippen molar-refractivity contribution in [1.29, 1.82) is 0 Å². The standard InChI is InChI=1S/C14H19BrN2O3/c1-17(14(16)18)8-10-4-2-6-12(15)13(10)20-9-11-5-3-7-19-11/h2,4,6,11H,3,5,7-9H2,1H3,(H2,16,18)/t11-/m1/s1. The molecule has 0 saturated carbocycles. The highest BCUT2D eigenvalue weighted by atomic mass is 79.9. The van der Waals surface area contributed by atoms with Crippen LogP contribution >= 0.6 is 15.9 Å². The number of hydrogen-bond acceptors (Lipinski definition) is 3. The van der Waals surface area contributed by atoms with Crippen molar-refractivity contribution in [2.24, 2.45) is 5.73 Å². The monoisotopic (exact) mass is 342 g/mol. The fourth-order valence-electron chi connectivity index (χ4n) is 2.13. The molecule has 2 amide bonds. The minimum atomic E-state index is -0.463. The summed E-state index contributed by atoms with van der Waals surface area (Å²) in [6.45, 7) is 1.74. The predicted octanol–water partition coefficient (Wildman–Crippen LogP) is 2.52. The van der Waals surface area contributed by atoms with Crippen LogP contribution in [0.3, 0.4) is 0 Å². The molecule has 6 heteroatoms. The van der Waals surface area contributed by atoms with Gasteiger partial charge in [-0.1, -0.05) is 12.1 Å². The van der Waals surface area contributed by atoms with Crippen molar-refractivity contribution < 1.29 is 14.3 Å². The lowest BCUT2D eigenvalue weighted by Crippen LogP contribution is -2.31. The number of nitrogens with zero attached hydrogens (tertiary/aromatic N) is 1. The van der Waals surface area contributed by atoms with Crippen molar-refractivity contribution in [3.8, 4) is 5.75 Å². The molecule has 1 aromatic rings. The van der Waals surface area contributed by atoms with Gasteiger partial charge in [0.15, 0.2) is 0 Å². The summed E-state index contributed by atoms with van der Waals surface area (Å²) in [5, 5.41) is 0. The first-order valence-corrected chi connectivity index (χ1v) is 7.39. The Morgan fingerprint density at radius 3 is 3.05 bits per heavy atom. The summed E-state index contributed by atoms with van der Waals surface area (Å²) in [6, 6.07) is 5.29. The van der Waals surface area contributed by atoms with Crippen molar-refractivity contribution in [1.82, 2.24) is 4.90 Å². The number of halogens is 1. The molecule has 2 rings (SSSR count). The van der Waals surface area contributed by atoms with Crippen molar-refractivity contribution in [3.63, 3.8) is 0 Å². The molecule has 2 N–H and O–H groups in total. The molecule has 0 radical (unpaired) electrons. The zero-order valence-corrected chi connectivity index (χ0v) is 13.1. The van der Waals surface area contributed by atoms with Crippen LogP contribution in [0.2, 0.25) is 0 Å². The molecule has 1 aliphatic heterocycles. The van der Waals surface area contributed by atoms with Gasteiger partial charge in [0.2, 0.25) is 0 Å². The van der Waals surface area contributed by atoms with Crippen LogP contribution in [0.4, 0.5) is 4.79 Å². The van der Waals surface area contributed by atoms with E-state index in [2.05, 4.69) is 15.9 Å². The van der Waals surface area contributed by atoms with E-state index < -0.39 is 6.03 Å². The van der Waals surface area contributed by atoms with Crippen LogP contribution in [-0.2, 0) is 11.3 Å². The summed E-state index contributed by atoms with van der Waals surface area (Å²) in [5.41, 5.74) is 6.18. The first-order valence-electron chi connectivity index (χ1n) is 6.60. The number of urea groups is 1. The Morgan fingerprint density at radius 2 is 2.40 bits per heavy atom. The van der Waals surface area contributed by atoms with Gasteiger partial charge in [0.05, 0.1) is 17.1 Å². The molecule has 20 heavy (non-hydrogen) atoms. The van der Waals surface area contributed by atoms with Gasteiger partial charge in [0.25, 0.3) is 0 Å². The number of nitrogens with two attached hydrogens (primary N) is 1. The second-order valence-electron chi connectivity index (χ2n) is 4.87. The van der Waals surface area contributed by atoms with Crippen LogP contribution < -0.4 is 10.5 Å². The van der Waals surface area contributed by atoms with Crippen LogP contribution in [0, 0.1) is 0 Å². The quantitative estimate of drug-likeness (QED) is 0.894. The minimum absolute atomic E-state index is 0.156. The molecule has 0 aromatic heterocycles. The summed E-state index contributed by atoms with van der Waals surface area (Å²) in [4.78, 5) is 12.6. The average Bonchev–Trinajstić information content (AvgIpc) is 2.91. The van der Waals surface area contributed by atoms with Gasteiger partial charge in [0, 0.05) is 19.2 Å². The first-order chi connectivity index (χ1) is 9.58. The summed E-state index contributed by atoms with van der Waals surface area (Å²) in [7, 11) is 1.66. The maximum Gasteiger partial charge on any atom is 0.314 e. The fourth-order valence-corrected chi connectivity index (χ4v) is 2.65. The fraction of sp³-hybridized carbons (Fsp3) is 0.500. The number of para-hydroxylation sites is 1. The van der Waals surface area contributed by atoms with E-state index in [0.29, 0.717) is 13.2 Å². The maximum absolute atomic E-state index is 11.1. The Labute approximate surface area is 127 Å². The van der Waals surface area contributed by atoms with E-state index in [1.165, 1.54) is 4.90 Å². The third kappa shape index (κ3) is 3.86. The van der Waals surface area contributed by atoms with Gasteiger partial charge >= 0.3 is 6.03 Å². The first kappa shape index (κ1) is 15.1. The van der Waals surface area contributed by atoms with Gasteiger partial charge < -0.3 is 20.1 Å². The van der Waals surface area contributed by atoms with E-state index >= 15 is 0 Å². The predicted molar refractivity (Wildman–Crippen MR) is 79.7 cm³/mol. The van der Waals surface area contributed by atoms with Crippen LogP contribution in [-0.4, -0.2) is 37.3 Å². The normalized spacial score (nSPS) is 18.0. The van der Waals surface area contributed by atoms with Gasteiger partial charge in [-0.05, 0) is 34.8 Å². The van der Waals surface area contributed by atoms with Gasteiger partial charge in [-0.3, -0.25) is 0 Å². The van der Waals surface area contributed by atoms with E-state index in [9.17, 15) is 4.79 Å². The minimum Gasteiger partial charge on any atom is -0.489 e. The molecular formula is C14H19BrN2O3. The summed E-state index contributed by atoms with van der Waals surface area (Å²) in [5.74, 6) is 0.746. The molecular weight excluding hydrogens is 324 g/mol. The Kier molecular flexibility index (Phi) is 5.25. The lowest BCUT2D eigenvalue weighted by Gasteiger charge is -2.19. The molecule has 0 spiro atoms. The van der Waals surface area contributed by atoms with Gasteiger partial charge in [-0.25, -0.2) is 4.79 Å². The number of primary amides is 1. The number of ether oxygens (including phenoxy) is 2. The van der Waals surface area contributed by atoms with Gasteiger partial charge in [-0.2, -0.15) is 0 Å². The van der Waals surface area contributed by atoms with Crippen molar-refractivity contribution in [2.45, 2.75) is 25.5 Å². The van der Waals surface area contributed by atoms with Crippen molar-refractivity contribution in [2.75, 3.05) is 20.3 Å². The van der Waals surface area contributed by atoms with Crippen LogP contribution in [0.25, 0.3) is 0 Å². The molecule has 1 aliphatic rings. The zero-order valence-electron chi connectivity index (χ0n) is 11.5. The molecule has 1 heterocycles. The highest BCUT2D eigenvalue weighted by Crippen LogP contribution is 2.30. The van der Waals surface area contributed by atoms with Crippen molar-refractivity contribution in [3.05, 3.63) is 28.2 Å². The largest absolute Gasteiger partial charge is 0.489 e. The maximum atomic E-state index is 11.1. The molecule has 0 aliphatic carbocycles. The van der Waals surface area contributed by atoms with Crippen LogP contribution in [0.5, 0.6) is 5.75 Å². The Bertz CT molecular complexity index is 475. The summed E-state index contributed by atoms with van der Waals surface area (Å²) in [6.07, 6.45) is 2.27. The second-order valence-corrected chi connectivity index (χ2v) is 5.72. The average molecular weight is 343 g/mol. The Hall–Kier alpha value is -1.27. The molecule has 1 saturated heterocycles.